The normalized spacial score (nSPS) is 29.1. The molecule has 9 nitrogen and oxygen atoms in total. The van der Waals surface area contributed by atoms with Gasteiger partial charge in [0, 0.05) is 6.92 Å². The van der Waals surface area contributed by atoms with Crippen LogP contribution < -0.4 is 5.32 Å². The molecule has 1 aliphatic heterocycles. The molecule has 2 rings (SSSR count). The van der Waals surface area contributed by atoms with Gasteiger partial charge in [0.2, 0.25) is 5.91 Å². The van der Waals surface area contributed by atoms with E-state index in [1.54, 1.807) is 0 Å². The van der Waals surface area contributed by atoms with Gasteiger partial charge < -0.3 is 34.8 Å². The van der Waals surface area contributed by atoms with E-state index < -0.39 is 55.2 Å². The van der Waals surface area contributed by atoms with E-state index in [2.05, 4.69) is 5.32 Å². The van der Waals surface area contributed by atoms with Crippen LogP contribution >= 0.6 is 0 Å². The Kier molecular flexibility index (Phi) is 7.69. The molecule has 4 N–H and O–H groups in total. The molecule has 0 bridgehead atoms. The maximum absolute atomic E-state index is 11.6. The molecule has 1 aliphatic rings. The Bertz CT molecular complexity index is 625. The van der Waals surface area contributed by atoms with Crippen LogP contribution in [0.3, 0.4) is 0 Å². The quantitative estimate of drug-likeness (QED) is 0.478. The highest BCUT2D eigenvalue weighted by molar-refractivity contribution is 5.73. The van der Waals surface area contributed by atoms with E-state index in [0.717, 1.165) is 5.56 Å². The molecule has 0 saturated carbocycles. The summed E-state index contributed by atoms with van der Waals surface area (Å²) in [5, 5.41) is 31.6. The van der Waals surface area contributed by atoms with E-state index in [1.165, 1.54) is 13.8 Å². The zero-order valence-electron chi connectivity index (χ0n) is 15.1. The van der Waals surface area contributed by atoms with E-state index >= 15 is 0 Å². The first-order valence-electron chi connectivity index (χ1n) is 8.58. The van der Waals surface area contributed by atoms with E-state index in [0.29, 0.717) is 0 Å². The Labute approximate surface area is 156 Å². The number of carbonyl (C=O) groups excluding carboxylic acids is 1. The summed E-state index contributed by atoms with van der Waals surface area (Å²) >= 11 is 0. The molecule has 1 heterocycles. The van der Waals surface area contributed by atoms with Crippen LogP contribution in [0.4, 0.5) is 0 Å². The van der Waals surface area contributed by atoms with Crippen LogP contribution in [0.1, 0.15) is 19.4 Å². The lowest BCUT2D eigenvalue weighted by Crippen LogP contribution is -2.66. The van der Waals surface area contributed by atoms with Gasteiger partial charge in [-0.05, 0) is 12.5 Å². The fourth-order valence-corrected chi connectivity index (χ4v) is 2.81. The maximum Gasteiger partial charge on any atom is 0.332 e. The molecule has 1 aromatic rings. The zero-order chi connectivity index (χ0) is 20.0. The number of aliphatic hydroxyl groups excluding tert-OH is 2. The highest BCUT2D eigenvalue weighted by Gasteiger charge is 2.48. The lowest BCUT2D eigenvalue weighted by Gasteiger charge is -2.44. The van der Waals surface area contributed by atoms with Gasteiger partial charge in [-0.25, -0.2) is 4.79 Å². The van der Waals surface area contributed by atoms with Crippen molar-refractivity contribution >= 4 is 11.9 Å². The van der Waals surface area contributed by atoms with Gasteiger partial charge in [0.25, 0.3) is 0 Å². The number of rotatable bonds is 8. The average molecular weight is 383 g/mol. The zero-order valence-corrected chi connectivity index (χ0v) is 15.1. The number of carboxylic acids is 1. The standard InChI is InChI=1S/C18H25NO8/c1-10(17(23)24)26-16-14(19-11(2)21)18(27-13(8-20)15(16)22)25-9-12-6-4-3-5-7-12/h3-7,10,13-16,18,20,22H,8-9H2,1-2H3,(H,19,21)(H,23,24)/t10?,13-,14+,15-,16-,18+/m1/s1. The molecule has 0 aromatic heterocycles. The predicted octanol–water partition coefficient (Wildman–Crippen LogP) is -0.356. The van der Waals surface area contributed by atoms with Crippen molar-refractivity contribution in [2.75, 3.05) is 6.61 Å². The van der Waals surface area contributed by atoms with Gasteiger partial charge >= 0.3 is 5.97 Å². The Morgan fingerprint density at radius 1 is 1.30 bits per heavy atom. The fourth-order valence-electron chi connectivity index (χ4n) is 2.81. The molecule has 9 heteroatoms. The number of carboxylic acid groups (broad SMARTS) is 1. The monoisotopic (exact) mass is 383 g/mol. The van der Waals surface area contributed by atoms with E-state index in [-0.39, 0.29) is 6.61 Å². The van der Waals surface area contributed by atoms with Crippen LogP contribution in [0.15, 0.2) is 30.3 Å². The van der Waals surface area contributed by atoms with Crippen molar-refractivity contribution in [1.82, 2.24) is 5.32 Å². The van der Waals surface area contributed by atoms with E-state index in [1.807, 2.05) is 30.3 Å². The molecule has 27 heavy (non-hydrogen) atoms. The van der Waals surface area contributed by atoms with Crippen LogP contribution in [0.25, 0.3) is 0 Å². The Balaban J connectivity index is 2.21. The highest BCUT2D eigenvalue weighted by atomic mass is 16.7. The Morgan fingerprint density at radius 2 is 1.96 bits per heavy atom. The minimum Gasteiger partial charge on any atom is -0.479 e. The van der Waals surface area contributed by atoms with Gasteiger partial charge in [0.15, 0.2) is 12.4 Å². The van der Waals surface area contributed by atoms with Crippen LogP contribution in [0.5, 0.6) is 0 Å². The van der Waals surface area contributed by atoms with Crippen molar-refractivity contribution in [3.05, 3.63) is 35.9 Å². The number of aliphatic carboxylic acids is 1. The van der Waals surface area contributed by atoms with Gasteiger partial charge in [-0.1, -0.05) is 30.3 Å². The third-order valence-corrected chi connectivity index (χ3v) is 4.19. The number of carbonyl (C=O) groups is 2. The third kappa shape index (κ3) is 5.72. The second kappa shape index (κ2) is 9.77. The van der Waals surface area contributed by atoms with Crippen molar-refractivity contribution in [2.45, 2.75) is 57.2 Å². The van der Waals surface area contributed by atoms with Crippen molar-refractivity contribution < 1.29 is 39.1 Å². The molecule has 6 atom stereocenters. The largest absolute Gasteiger partial charge is 0.479 e. The lowest BCUT2D eigenvalue weighted by molar-refractivity contribution is -0.284. The summed E-state index contributed by atoms with van der Waals surface area (Å²) < 4.78 is 16.8. The average Bonchev–Trinajstić information content (AvgIpc) is 2.64. The molecule has 1 fully saturated rings. The van der Waals surface area contributed by atoms with E-state index in [4.69, 9.17) is 19.3 Å². The van der Waals surface area contributed by atoms with Gasteiger partial charge in [-0.3, -0.25) is 4.79 Å². The first-order chi connectivity index (χ1) is 12.8. The first-order valence-corrected chi connectivity index (χ1v) is 8.58. The summed E-state index contributed by atoms with van der Waals surface area (Å²) in [6, 6.07) is 8.25. The molecule has 1 aromatic carbocycles. The van der Waals surface area contributed by atoms with Crippen LogP contribution in [-0.4, -0.2) is 70.6 Å². The molecular weight excluding hydrogens is 358 g/mol. The summed E-state index contributed by atoms with van der Waals surface area (Å²) in [6.45, 7) is 2.21. The molecule has 1 amide bonds. The Hall–Kier alpha value is -2.04. The van der Waals surface area contributed by atoms with Crippen LogP contribution in [0.2, 0.25) is 0 Å². The minimum atomic E-state index is -1.36. The second-order valence-electron chi connectivity index (χ2n) is 6.32. The molecule has 0 spiro atoms. The predicted molar refractivity (Wildman–Crippen MR) is 92.6 cm³/mol. The molecule has 0 radical (unpaired) electrons. The summed E-state index contributed by atoms with van der Waals surface area (Å²) in [4.78, 5) is 22.8. The fraction of sp³-hybridized carbons (Fsp3) is 0.556. The Morgan fingerprint density at radius 3 is 2.52 bits per heavy atom. The number of hydrogen-bond donors (Lipinski definition) is 4. The van der Waals surface area contributed by atoms with E-state index in [9.17, 15) is 19.8 Å². The molecule has 150 valence electrons. The number of ether oxygens (including phenoxy) is 3. The van der Waals surface area contributed by atoms with Crippen molar-refractivity contribution in [3.8, 4) is 0 Å². The highest BCUT2D eigenvalue weighted by Crippen LogP contribution is 2.26. The SMILES string of the molecule is CC(=O)N[C@@H]1[C@@H](OCc2ccccc2)O[C@H](CO)[C@@H](O)[C@@H]1OC(C)C(=O)O. The van der Waals surface area contributed by atoms with Crippen molar-refractivity contribution in [3.63, 3.8) is 0 Å². The van der Waals surface area contributed by atoms with Crippen molar-refractivity contribution in [2.24, 2.45) is 0 Å². The topological polar surface area (TPSA) is 135 Å². The van der Waals surface area contributed by atoms with Gasteiger partial charge in [-0.2, -0.15) is 0 Å². The smallest absolute Gasteiger partial charge is 0.332 e. The van der Waals surface area contributed by atoms with Gasteiger partial charge in [0.1, 0.15) is 24.4 Å². The third-order valence-electron chi connectivity index (χ3n) is 4.19. The van der Waals surface area contributed by atoms with Crippen molar-refractivity contribution in [1.29, 1.82) is 0 Å². The number of nitrogens with one attached hydrogen (secondary N) is 1. The second-order valence-corrected chi connectivity index (χ2v) is 6.32. The number of amides is 1. The number of aliphatic hydroxyl groups is 2. The molecule has 0 aliphatic carbocycles. The number of hydrogen-bond acceptors (Lipinski definition) is 7. The first kappa shape index (κ1) is 21.3. The molecule has 1 saturated heterocycles. The van der Waals surface area contributed by atoms with Crippen LogP contribution in [-0.2, 0) is 30.4 Å². The summed E-state index contributed by atoms with van der Waals surface area (Å²) in [6.07, 6.45) is -5.85. The maximum atomic E-state index is 11.6. The van der Waals surface area contributed by atoms with Crippen LogP contribution in [0, 0.1) is 0 Å². The summed E-state index contributed by atoms with van der Waals surface area (Å²) in [5.74, 6) is -1.65. The van der Waals surface area contributed by atoms with Gasteiger partial charge in [0.05, 0.1) is 13.2 Å². The number of benzene rings is 1. The lowest BCUT2D eigenvalue weighted by atomic mass is 9.96. The summed E-state index contributed by atoms with van der Waals surface area (Å²) in [7, 11) is 0. The molecular formula is C18H25NO8. The summed E-state index contributed by atoms with van der Waals surface area (Å²) in [5.41, 5.74) is 0.853. The van der Waals surface area contributed by atoms with Gasteiger partial charge in [-0.15, -0.1) is 0 Å². The minimum absolute atomic E-state index is 0.150. The molecule has 1 unspecified atom stereocenters.